The van der Waals surface area contributed by atoms with Crippen molar-refractivity contribution in [3.63, 3.8) is 0 Å². The third-order valence-electron chi connectivity index (χ3n) is 5.32. The van der Waals surface area contributed by atoms with E-state index in [0.29, 0.717) is 22.9 Å². The first kappa shape index (κ1) is 23.3. The molecule has 1 aliphatic heterocycles. The van der Waals surface area contributed by atoms with Crippen LogP contribution in [-0.4, -0.2) is 47.4 Å². The van der Waals surface area contributed by atoms with Crippen molar-refractivity contribution in [3.05, 3.63) is 35.2 Å². The maximum absolute atomic E-state index is 13.4. The van der Waals surface area contributed by atoms with Gasteiger partial charge in [0, 0.05) is 23.5 Å². The van der Waals surface area contributed by atoms with Gasteiger partial charge in [0.25, 0.3) is 0 Å². The third kappa shape index (κ3) is 6.54. The van der Waals surface area contributed by atoms with Gasteiger partial charge in [-0.05, 0) is 50.9 Å². The van der Waals surface area contributed by atoms with Crippen LogP contribution in [0.2, 0.25) is 0 Å². The van der Waals surface area contributed by atoms with Gasteiger partial charge in [0.1, 0.15) is 0 Å². The molecule has 3 rings (SSSR count). The first-order valence-electron chi connectivity index (χ1n) is 10.6. The molecular formula is C22H28F2N4O2S. The molecule has 2 amide bonds. The van der Waals surface area contributed by atoms with Crippen LogP contribution in [0.15, 0.2) is 23.6 Å². The van der Waals surface area contributed by atoms with Gasteiger partial charge in [-0.1, -0.05) is 13.3 Å². The molecule has 6 nitrogen and oxygen atoms in total. The molecule has 31 heavy (non-hydrogen) atoms. The number of nitrogens with zero attached hydrogens (tertiary/aromatic N) is 2. The molecule has 1 aromatic heterocycles. The maximum Gasteiger partial charge on any atom is 0.240 e. The van der Waals surface area contributed by atoms with E-state index in [1.807, 2.05) is 11.8 Å². The summed E-state index contributed by atoms with van der Waals surface area (Å²) in [6, 6.07) is 3.73. The largest absolute Gasteiger partial charge is 0.353 e. The number of amides is 2. The lowest BCUT2D eigenvalue weighted by molar-refractivity contribution is -0.128. The minimum Gasteiger partial charge on any atom is -0.353 e. The highest BCUT2D eigenvalue weighted by Crippen LogP contribution is 2.26. The predicted molar refractivity (Wildman–Crippen MR) is 118 cm³/mol. The Kier molecular flexibility index (Phi) is 8.09. The Labute approximate surface area is 185 Å². The number of nitrogens with one attached hydrogen (secondary N) is 2. The third-order valence-corrected chi connectivity index (χ3v) is 6.08. The van der Waals surface area contributed by atoms with E-state index in [2.05, 4.69) is 22.5 Å². The van der Waals surface area contributed by atoms with E-state index in [9.17, 15) is 18.4 Å². The number of thiazole rings is 1. The van der Waals surface area contributed by atoms with Gasteiger partial charge < -0.3 is 10.6 Å². The van der Waals surface area contributed by atoms with Crippen LogP contribution >= 0.6 is 11.3 Å². The summed E-state index contributed by atoms with van der Waals surface area (Å²) >= 11 is 1.22. The number of anilines is 1. The van der Waals surface area contributed by atoms with Gasteiger partial charge in [-0.25, -0.2) is 13.8 Å². The molecule has 0 radical (unpaired) electrons. The fraction of sp³-hybridized carbons (Fsp3) is 0.500. The van der Waals surface area contributed by atoms with Crippen molar-refractivity contribution in [2.45, 2.75) is 45.6 Å². The number of benzene rings is 1. The summed E-state index contributed by atoms with van der Waals surface area (Å²) < 4.78 is 26.5. The van der Waals surface area contributed by atoms with Gasteiger partial charge in [0.15, 0.2) is 16.8 Å². The highest BCUT2D eigenvalue weighted by molar-refractivity contribution is 7.14. The number of aromatic nitrogens is 1. The molecule has 1 fully saturated rings. The number of likely N-dealkylation sites (tertiary alicyclic amines) is 1. The van der Waals surface area contributed by atoms with Crippen molar-refractivity contribution in [3.8, 4) is 11.3 Å². The van der Waals surface area contributed by atoms with Crippen LogP contribution in [0.4, 0.5) is 13.9 Å². The average Bonchev–Trinajstić information content (AvgIpc) is 3.18. The smallest absolute Gasteiger partial charge is 0.240 e. The molecule has 2 atom stereocenters. The van der Waals surface area contributed by atoms with Crippen molar-refractivity contribution >= 4 is 28.3 Å². The van der Waals surface area contributed by atoms with E-state index in [0.717, 1.165) is 44.4 Å². The van der Waals surface area contributed by atoms with Crippen LogP contribution in [0.1, 0.15) is 39.5 Å². The SMILES string of the molecule is CCCC(C)NC(=O)C1CCCN(CC(=O)Nc2nc(-c3ccc(F)c(F)c3)cs2)C1. The summed E-state index contributed by atoms with van der Waals surface area (Å²) in [5.41, 5.74) is 0.910. The molecule has 0 saturated carbocycles. The van der Waals surface area contributed by atoms with Crippen LogP contribution in [0.3, 0.4) is 0 Å². The second kappa shape index (κ2) is 10.8. The molecular weight excluding hydrogens is 422 g/mol. The van der Waals surface area contributed by atoms with Crippen molar-refractivity contribution in [2.24, 2.45) is 5.92 Å². The summed E-state index contributed by atoms with van der Waals surface area (Å²) in [5, 5.41) is 7.90. The highest BCUT2D eigenvalue weighted by Gasteiger charge is 2.27. The van der Waals surface area contributed by atoms with Crippen molar-refractivity contribution in [1.82, 2.24) is 15.2 Å². The Morgan fingerprint density at radius 3 is 2.87 bits per heavy atom. The lowest BCUT2D eigenvalue weighted by Gasteiger charge is -2.32. The molecule has 1 saturated heterocycles. The topological polar surface area (TPSA) is 74.3 Å². The fourth-order valence-corrected chi connectivity index (χ4v) is 4.50. The summed E-state index contributed by atoms with van der Waals surface area (Å²) in [6.45, 7) is 5.59. The van der Waals surface area contributed by atoms with Gasteiger partial charge in [0.05, 0.1) is 18.2 Å². The Hall–Kier alpha value is -2.39. The van der Waals surface area contributed by atoms with E-state index < -0.39 is 11.6 Å². The lowest BCUT2D eigenvalue weighted by Crippen LogP contribution is -2.47. The zero-order valence-electron chi connectivity index (χ0n) is 17.8. The lowest BCUT2D eigenvalue weighted by atomic mass is 9.96. The molecule has 0 bridgehead atoms. The summed E-state index contributed by atoms with van der Waals surface area (Å²) in [5.74, 6) is -2.13. The normalized spacial score (nSPS) is 17.9. The van der Waals surface area contributed by atoms with Crippen LogP contribution < -0.4 is 10.6 Å². The Balaban J connectivity index is 1.52. The molecule has 168 valence electrons. The minimum absolute atomic E-state index is 0.0575. The van der Waals surface area contributed by atoms with Crippen LogP contribution in [0.5, 0.6) is 0 Å². The number of halogens is 2. The standard InChI is InChI=1S/C22H28F2N4O2S/c1-3-5-14(2)25-21(30)16-6-4-9-28(11-16)12-20(29)27-22-26-19(13-31-22)15-7-8-17(23)18(24)10-15/h7-8,10,13-14,16H,3-6,9,11-12H2,1-2H3,(H,25,30)(H,26,27,29). The van der Waals surface area contributed by atoms with E-state index in [4.69, 9.17) is 0 Å². The first-order chi connectivity index (χ1) is 14.9. The number of carbonyl (C=O) groups excluding carboxylic acids is 2. The van der Waals surface area contributed by atoms with E-state index in [1.54, 1.807) is 5.38 Å². The van der Waals surface area contributed by atoms with Crippen LogP contribution in [0.25, 0.3) is 11.3 Å². The monoisotopic (exact) mass is 450 g/mol. The van der Waals surface area contributed by atoms with E-state index >= 15 is 0 Å². The van der Waals surface area contributed by atoms with Gasteiger partial charge in [0.2, 0.25) is 11.8 Å². The highest BCUT2D eigenvalue weighted by atomic mass is 32.1. The van der Waals surface area contributed by atoms with Crippen LogP contribution in [0, 0.1) is 17.6 Å². The second-order valence-electron chi connectivity index (χ2n) is 7.99. The fourth-order valence-electron chi connectivity index (χ4n) is 3.76. The van der Waals surface area contributed by atoms with Crippen molar-refractivity contribution in [1.29, 1.82) is 0 Å². The van der Waals surface area contributed by atoms with Gasteiger partial charge in [-0.15, -0.1) is 11.3 Å². The predicted octanol–water partition coefficient (Wildman–Crippen LogP) is 4.04. The van der Waals surface area contributed by atoms with Gasteiger partial charge in [-0.3, -0.25) is 14.5 Å². The number of hydrogen-bond donors (Lipinski definition) is 2. The Morgan fingerprint density at radius 1 is 1.32 bits per heavy atom. The first-order valence-corrected chi connectivity index (χ1v) is 11.5. The zero-order chi connectivity index (χ0) is 22.4. The molecule has 2 N–H and O–H groups in total. The van der Waals surface area contributed by atoms with Crippen LogP contribution in [-0.2, 0) is 9.59 Å². The molecule has 0 spiro atoms. The molecule has 0 aliphatic carbocycles. The second-order valence-corrected chi connectivity index (χ2v) is 8.85. The number of carbonyl (C=O) groups is 2. The summed E-state index contributed by atoms with van der Waals surface area (Å²) in [7, 11) is 0. The van der Waals surface area contributed by atoms with Crippen molar-refractivity contribution in [2.75, 3.05) is 25.0 Å². The molecule has 2 aromatic rings. The van der Waals surface area contributed by atoms with Gasteiger partial charge >= 0.3 is 0 Å². The Morgan fingerprint density at radius 2 is 2.13 bits per heavy atom. The molecule has 9 heteroatoms. The number of hydrogen-bond acceptors (Lipinski definition) is 5. The van der Waals surface area contributed by atoms with Crippen molar-refractivity contribution < 1.29 is 18.4 Å². The molecule has 2 heterocycles. The van der Waals surface area contributed by atoms with E-state index in [-0.39, 0.29) is 30.3 Å². The summed E-state index contributed by atoms with van der Waals surface area (Å²) in [6.07, 6.45) is 3.66. The molecule has 1 aliphatic rings. The zero-order valence-corrected chi connectivity index (χ0v) is 18.6. The quantitative estimate of drug-likeness (QED) is 0.637. The average molecular weight is 451 g/mol. The number of piperidine rings is 1. The maximum atomic E-state index is 13.4. The van der Waals surface area contributed by atoms with Gasteiger partial charge in [-0.2, -0.15) is 0 Å². The summed E-state index contributed by atoms with van der Waals surface area (Å²) in [4.78, 5) is 31.2. The minimum atomic E-state index is -0.941. The molecule has 2 unspecified atom stereocenters. The molecule has 1 aromatic carbocycles. The number of rotatable bonds is 8. The van der Waals surface area contributed by atoms with E-state index in [1.165, 1.54) is 17.4 Å². The Bertz CT molecular complexity index is 921.